The second kappa shape index (κ2) is 3.81. The molecule has 0 spiro atoms. The molecule has 0 radical (unpaired) electrons. The van der Waals surface area contributed by atoms with E-state index in [0.717, 1.165) is 31.2 Å². The summed E-state index contributed by atoms with van der Waals surface area (Å²) in [5.74, 6) is 3.04. The van der Waals surface area contributed by atoms with Crippen molar-refractivity contribution in [3.05, 3.63) is 0 Å². The van der Waals surface area contributed by atoms with Gasteiger partial charge in [0.2, 0.25) is 0 Å². The molecule has 1 aliphatic carbocycles. The molecule has 2 unspecified atom stereocenters. The summed E-state index contributed by atoms with van der Waals surface area (Å²) in [5, 5.41) is 0. The average molecular weight is 217 g/mol. The standard InChI is InChI=1S/C10H19NO2S/c11-7-10-6-9(10)5-8-1-3-14(12,13)4-2-8/h8-10H,1-7,11H2. The number of hydrogen-bond acceptors (Lipinski definition) is 3. The molecule has 82 valence electrons. The molecule has 0 bridgehead atoms. The lowest BCUT2D eigenvalue weighted by Crippen LogP contribution is -2.23. The van der Waals surface area contributed by atoms with Crippen LogP contribution in [0.2, 0.25) is 0 Å². The van der Waals surface area contributed by atoms with Gasteiger partial charge in [-0.3, -0.25) is 0 Å². The second-order valence-electron chi connectivity index (χ2n) is 4.82. The molecule has 14 heavy (non-hydrogen) atoms. The van der Waals surface area contributed by atoms with Gasteiger partial charge in [0.15, 0.2) is 0 Å². The fraction of sp³-hybridized carbons (Fsp3) is 1.00. The Morgan fingerprint density at radius 2 is 1.79 bits per heavy atom. The van der Waals surface area contributed by atoms with Gasteiger partial charge in [-0.2, -0.15) is 0 Å². The Kier molecular flexibility index (Phi) is 2.84. The first-order valence-corrected chi connectivity index (χ1v) is 7.33. The van der Waals surface area contributed by atoms with Gasteiger partial charge in [-0.1, -0.05) is 0 Å². The Hall–Kier alpha value is -0.0900. The van der Waals surface area contributed by atoms with Crippen molar-refractivity contribution in [2.45, 2.75) is 25.7 Å². The van der Waals surface area contributed by atoms with Crippen molar-refractivity contribution >= 4 is 9.84 Å². The molecule has 3 nitrogen and oxygen atoms in total. The zero-order chi connectivity index (χ0) is 10.2. The van der Waals surface area contributed by atoms with Crippen molar-refractivity contribution in [3.63, 3.8) is 0 Å². The summed E-state index contributed by atoms with van der Waals surface area (Å²) in [5.41, 5.74) is 5.58. The molecule has 2 rings (SSSR count). The Balaban J connectivity index is 1.74. The van der Waals surface area contributed by atoms with E-state index in [4.69, 9.17) is 5.73 Å². The lowest BCUT2D eigenvalue weighted by atomic mass is 9.95. The fourth-order valence-corrected chi connectivity index (χ4v) is 4.08. The van der Waals surface area contributed by atoms with Crippen LogP contribution in [0.25, 0.3) is 0 Å². The van der Waals surface area contributed by atoms with Gasteiger partial charge in [-0.25, -0.2) is 8.42 Å². The highest BCUT2D eigenvalue weighted by Gasteiger charge is 2.38. The smallest absolute Gasteiger partial charge is 0.150 e. The molecule has 4 heteroatoms. The highest BCUT2D eigenvalue weighted by molar-refractivity contribution is 7.91. The first-order chi connectivity index (χ1) is 6.61. The summed E-state index contributed by atoms with van der Waals surface area (Å²) < 4.78 is 22.4. The van der Waals surface area contributed by atoms with Gasteiger partial charge in [0.1, 0.15) is 9.84 Å². The van der Waals surface area contributed by atoms with E-state index in [9.17, 15) is 8.42 Å². The molecule has 2 fully saturated rings. The van der Waals surface area contributed by atoms with Crippen LogP contribution in [0.5, 0.6) is 0 Å². The highest BCUT2D eigenvalue weighted by atomic mass is 32.2. The summed E-state index contributed by atoms with van der Waals surface area (Å²) >= 11 is 0. The minimum atomic E-state index is -2.67. The Labute approximate surface area is 86.0 Å². The minimum Gasteiger partial charge on any atom is -0.330 e. The van der Waals surface area contributed by atoms with Gasteiger partial charge in [0.05, 0.1) is 11.5 Å². The number of nitrogens with two attached hydrogens (primary N) is 1. The number of rotatable bonds is 3. The summed E-state index contributed by atoms with van der Waals surface area (Å²) in [7, 11) is -2.67. The predicted octanol–water partition coefficient (Wildman–Crippen LogP) is 0.796. The summed E-state index contributed by atoms with van der Waals surface area (Å²) in [6.45, 7) is 0.815. The van der Waals surface area contributed by atoms with Crippen LogP contribution >= 0.6 is 0 Å². The quantitative estimate of drug-likeness (QED) is 0.760. The highest BCUT2D eigenvalue weighted by Crippen LogP contribution is 2.44. The maximum absolute atomic E-state index is 11.2. The lowest BCUT2D eigenvalue weighted by Gasteiger charge is -2.21. The molecular weight excluding hydrogens is 198 g/mol. The maximum Gasteiger partial charge on any atom is 0.150 e. The minimum absolute atomic E-state index is 0.414. The monoisotopic (exact) mass is 217 g/mol. The van der Waals surface area contributed by atoms with Crippen LogP contribution in [0, 0.1) is 17.8 Å². The maximum atomic E-state index is 11.2. The zero-order valence-electron chi connectivity index (χ0n) is 8.48. The molecule has 1 saturated heterocycles. The normalized spacial score (nSPS) is 36.9. The van der Waals surface area contributed by atoms with Crippen molar-refractivity contribution in [2.24, 2.45) is 23.5 Å². The third-order valence-electron chi connectivity index (χ3n) is 3.68. The average Bonchev–Trinajstić information content (AvgIpc) is 2.88. The van der Waals surface area contributed by atoms with Crippen LogP contribution in [0.15, 0.2) is 0 Å². The van der Waals surface area contributed by atoms with E-state index >= 15 is 0 Å². The largest absolute Gasteiger partial charge is 0.330 e. The van der Waals surface area contributed by atoms with Gasteiger partial charge < -0.3 is 5.73 Å². The van der Waals surface area contributed by atoms with Gasteiger partial charge >= 0.3 is 0 Å². The first-order valence-electron chi connectivity index (χ1n) is 5.51. The molecule has 2 atom stereocenters. The molecular formula is C10H19NO2S. The molecule has 0 aromatic carbocycles. The third kappa shape index (κ3) is 2.48. The molecule has 0 amide bonds. The van der Waals surface area contributed by atoms with Crippen LogP contribution in [0.1, 0.15) is 25.7 Å². The Bertz CT molecular complexity index is 285. The van der Waals surface area contributed by atoms with Crippen LogP contribution in [0.4, 0.5) is 0 Å². The third-order valence-corrected chi connectivity index (χ3v) is 5.40. The Morgan fingerprint density at radius 3 is 2.29 bits per heavy atom. The molecule has 1 aliphatic heterocycles. The SMILES string of the molecule is NCC1CC1CC1CCS(=O)(=O)CC1. The zero-order valence-corrected chi connectivity index (χ0v) is 9.30. The van der Waals surface area contributed by atoms with Crippen LogP contribution < -0.4 is 5.73 Å². The van der Waals surface area contributed by atoms with E-state index < -0.39 is 9.84 Å². The van der Waals surface area contributed by atoms with E-state index in [1.807, 2.05) is 0 Å². The van der Waals surface area contributed by atoms with E-state index in [2.05, 4.69) is 0 Å². The van der Waals surface area contributed by atoms with Gasteiger partial charge in [-0.15, -0.1) is 0 Å². The lowest BCUT2D eigenvalue weighted by molar-refractivity contribution is 0.403. The van der Waals surface area contributed by atoms with Crippen molar-refractivity contribution < 1.29 is 8.42 Å². The predicted molar refractivity (Wildman–Crippen MR) is 56.6 cm³/mol. The summed E-state index contributed by atoms with van der Waals surface area (Å²) in [4.78, 5) is 0. The first kappa shape index (κ1) is 10.4. The van der Waals surface area contributed by atoms with Crippen LogP contribution in [-0.4, -0.2) is 26.5 Å². The molecule has 0 aromatic heterocycles. The van der Waals surface area contributed by atoms with E-state index in [0.29, 0.717) is 17.4 Å². The van der Waals surface area contributed by atoms with E-state index in [-0.39, 0.29) is 0 Å². The van der Waals surface area contributed by atoms with Crippen LogP contribution in [0.3, 0.4) is 0 Å². The van der Waals surface area contributed by atoms with E-state index in [1.54, 1.807) is 0 Å². The second-order valence-corrected chi connectivity index (χ2v) is 7.13. The topological polar surface area (TPSA) is 60.2 Å². The fourth-order valence-electron chi connectivity index (χ4n) is 2.49. The molecule has 1 saturated carbocycles. The molecule has 2 aliphatic rings. The van der Waals surface area contributed by atoms with Gasteiger partial charge in [-0.05, 0) is 50.0 Å². The summed E-state index contributed by atoms with van der Waals surface area (Å²) in [6.07, 6.45) is 4.27. The van der Waals surface area contributed by atoms with Crippen molar-refractivity contribution in [2.75, 3.05) is 18.1 Å². The van der Waals surface area contributed by atoms with Gasteiger partial charge in [0.25, 0.3) is 0 Å². The molecule has 0 aromatic rings. The summed E-state index contributed by atoms with van der Waals surface area (Å²) in [6, 6.07) is 0. The van der Waals surface area contributed by atoms with Crippen LogP contribution in [-0.2, 0) is 9.84 Å². The van der Waals surface area contributed by atoms with Crippen molar-refractivity contribution in [1.82, 2.24) is 0 Å². The number of hydrogen-bond donors (Lipinski definition) is 1. The van der Waals surface area contributed by atoms with E-state index in [1.165, 1.54) is 12.8 Å². The van der Waals surface area contributed by atoms with Crippen molar-refractivity contribution in [3.8, 4) is 0 Å². The number of sulfone groups is 1. The molecule has 1 heterocycles. The van der Waals surface area contributed by atoms with Crippen molar-refractivity contribution in [1.29, 1.82) is 0 Å². The Morgan fingerprint density at radius 1 is 1.14 bits per heavy atom. The molecule has 2 N–H and O–H groups in total. The van der Waals surface area contributed by atoms with Gasteiger partial charge in [0, 0.05) is 0 Å².